The monoisotopic (exact) mass is 541 g/mol. The molecule has 3 aromatic carbocycles. The Labute approximate surface area is 232 Å². The molecule has 1 N–H and O–H groups in total. The molecule has 6 rings (SSSR count). The Morgan fingerprint density at radius 1 is 1.10 bits per heavy atom. The summed E-state index contributed by atoms with van der Waals surface area (Å²) in [6, 6.07) is 19.7. The van der Waals surface area contributed by atoms with E-state index >= 15 is 0 Å². The van der Waals surface area contributed by atoms with Gasteiger partial charge in [0.2, 0.25) is 0 Å². The molecular formula is C31H29ClFN5O. The summed E-state index contributed by atoms with van der Waals surface area (Å²) in [5.41, 5.74) is 5.78. The van der Waals surface area contributed by atoms with Crippen molar-refractivity contribution < 1.29 is 9.18 Å². The predicted molar refractivity (Wildman–Crippen MR) is 151 cm³/mol. The van der Waals surface area contributed by atoms with Crippen molar-refractivity contribution in [2.75, 3.05) is 31.2 Å². The number of hydrazone groups is 1. The number of hydrogen-bond acceptors (Lipinski definition) is 5. The van der Waals surface area contributed by atoms with Crippen LogP contribution in [-0.2, 0) is 6.42 Å². The van der Waals surface area contributed by atoms with Gasteiger partial charge in [-0.2, -0.15) is 10.4 Å². The molecule has 0 spiro atoms. The number of likely N-dealkylation sites (tertiary alicyclic amines) is 1. The topological polar surface area (TPSA) is 71.7 Å². The number of nitrogens with zero attached hydrogens (tertiary/aromatic N) is 4. The third-order valence-electron chi connectivity index (χ3n) is 8.05. The van der Waals surface area contributed by atoms with E-state index in [0.717, 1.165) is 60.6 Å². The van der Waals surface area contributed by atoms with Crippen molar-refractivity contribution in [3.05, 3.63) is 99.3 Å². The Balaban J connectivity index is 1.33. The van der Waals surface area contributed by atoms with Crippen molar-refractivity contribution in [2.45, 2.75) is 31.7 Å². The molecule has 3 aliphatic rings. The Morgan fingerprint density at radius 2 is 1.90 bits per heavy atom. The molecule has 2 aliphatic heterocycles. The maximum Gasteiger partial charge on any atom is 0.251 e. The number of aryl methyl sites for hydroxylation is 1. The number of carbonyl (C=O) groups is 1. The van der Waals surface area contributed by atoms with Gasteiger partial charge >= 0.3 is 0 Å². The number of carbonyl (C=O) groups excluding carboxylic acids is 1. The van der Waals surface area contributed by atoms with Crippen LogP contribution in [0.4, 0.5) is 10.1 Å². The average Bonchev–Trinajstić information content (AvgIpc) is 3.61. The number of halogens is 2. The fraction of sp³-hybridized carbons (Fsp3) is 0.323. The molecule has 1 saturated heterocycles. The fourth-order valence-electron chi connectivity index (χ4n) is 6.03. The number of rotatable bonds is 6. The molecule has 39 heavy (non-hydrogen) atoms. The van der Waals surface area contributed by atoms with E-state index in [1.807, 2.05) is 29.3 Å². The molecule has 1 amide bonds. The van der Waals surface area contributed by atoms with Gasteiger partial charge in [0.25, 0.3) is 5.91 Å². The van der Waals surface area contributed by atoms with E-state index in [2.05, 4.69) is 16.3 Å². The zero-order valence-electron chi connectivity index (χ0n) is 21.5. The third-order valence-corrected chi connectivity index (χ3v) is 8.36. The highest BCUT2D eigenvalue weighted by atomic mass is 35.5. The lowest BCUT2D eigenvalue weighted by Crippen LogP contribution is -2.33. The third kappa shape index (κ3) is 5.03. The van der Waals surface area contributed by atoms with Gasteiger partial charge in [0.05, 0.1) is 28.0 Å². The lowest BCUT2D eigenvalue weighted by atomic mass is 9.77. The molecule has 0 aromatic heterocycles. The Morgan fingerprint density at radius 3 is 2.64 bits per heavy atom. The van der Waals surface area contributed by atoms with Gasteiger partial charge in [0.1, 0.15) is 11.9 Å². The quantitative estimate of drug-likeness (QED) is 0.434. The highest BCUT2D eigenvalue weighted by Crippen LogP contribution is 2.46. The second-order valence-corrected chi connectivity index (χ2v) is 10.8. The van der Waals surface area contributed by atoms with Gasteiger partial charge in [0, 0.05) is 30.1 Å². The van der Waals surface area contributed by atoms with Gasteiger partial charge in [-0.15, -0.1) is 0 Å². The van der Waals surface area contributed by atoms with Crippen LogP contribution in [0.25, 0.3) is 0 Å². The largest absolute Gasteiger partial charge is 0.351 e. The minimum absolute atomic E-state index is 0.0471. The maximum absolute atomic E-state index is 13.8. The smallest absolute Gasteiger partial charge is 0.251 e. The summed E-state index contributed by atoms with van der Waals surface area (Å²) in [6.45, 7) is 3.70. The van der Waals surface area contributed by atoms with Crippen molar-refractivity contribution in [3.63, 3.8) is 0 Å². The van der Waals surface area contributed by atoms with Crippen LogP contribution in [0.5, 0.6) is 0 Å². The van der Waals surface area contributed by atoms with Crippen LogP contribution < -0.4 is 10.3 Å². The van der Waals surface area contributed by atoms with Gasteiger partial charge in [-0.3, -0.25) is 9.80 Å². The number of hydrogen-bond donors (Lipinski definition) is 1. The van der Waals surface area contributed by atoms with Gasteiger partial charge in [-0.05, 0) is 92.4 Å². The van der Waals surface area contributed by atoms with Gasteiger partial charge < -0.3 is 10.2 Å². The molecule has 1 aliphatic carbocycles. The molecule has 8 heteroatoms. The Kier molecular flexibility index (Phi) is 7.07. The zero-order chi connectivity index (χ0) is 26.9. The first-order valence-electron chi connectivity index (χ1n) is 13.5. The van der Waals surface area contributed by atoms with Gasteiger partial charge in [-0.25, -0.2) is 4.39 Å². The molecule has 6 nitrogen and oxygen atoms in total. The van der Waals surface area contributed by atoms with E-state index < -0.39 is 0 Å². The number of amides is 1. The highest BCUT2D eigenvalue weighted by Gasteiger charge is 2.42. The lowest BCUT2D eigenvalue weighted by Gasteiger charge is -2.31. The van der Waals surface area contributed by atoms with E-state index in [1.165, 1.54) is 25.0 Å². The molecule has 198 valence electrons. The second kappa shape index (κ2) is 10.8. The normalized spacial score (nSPS) is 20.2. The summed E-state index contributed by atoms with van der Waals surface area (Å²) in [7, 11) is 0. The summed E-state index contributed by atoms with van der Waals surface area (Å²) >= 11 is 6.40. The van der Waals surface area contributed by atoms with Crippen LogP contribution in [0, 0.1) is 23.1 Å². The van der Waals surface area contributed by atoms with Crippen LogP contribution in [-0.4, -0.2) is 42.7 Å². The molecule has 2 heterocycles. The van der Waals surface area contributed by atoms with E-state index in [4.69, 9.17) is 16.7 Å². The molecule has 1 fully saturated rings. The Hall–Kier alpha value is -3.73. The molecular weight excluding hydrogens is 513 g/mol. The highest BCUT2D eigenvalue weighted by molar-refractivity contribution is 6.32. The first kappa shape index (κ1) is 25.5. The molecule has 0 saturated carbocycles. The van der Waals surface area contributed by atoms with Gasteiger partial charge in [-0.1, -0.05) is 29.8 Å². The SMILES string of the molecule is N#Cc1ccc(N2N=C3c4cc(C(=O)NCCN5CCCC5)ccc4CC[C@@H]3[C@@H]2c2ccc(F)cc2)cc1Cl. The minimum Gasteiger partial charge on any atom is -0.351 e. The van der Waals surface area contributed by atoms with Crippen LogP contribution in [0.15, 0.2) is 65.8 Å². The standard InChI is InChI=1S/C31H29ClFN5O/c32-28-18-25(11-7-23(28)19-34)38-30(21-5-9-24(33)10-6-21)26-12-8-20-3-4-22(17-27(20)29(26)36-38)31(39)35-13-16-37-14-1-2-15-37/h3-7,9-11,17-18,26,30H,1-2,8,12-16H2,(H,35,39)/t26-,30-/m0/s1. The van der Waals surface area contributed by atoms with E-state index in [0.29, 0.717) is 22.7 Å². The number of nitriles is 1. The summed E-state index contributed by atoms with van der Waals surface area (Å²) < 4.78 is 13.8. The minimum atomic E-state index is -0.291. The van der Waals surface area contributed by atoms with Crippen LogP contribution in [0.2, 0.25) is 5.02 Å². The van der Waals surface area contributed by atoms with E-state index in [9.17, 15) is 14.4 Å². The molecule has 0 unspecified atom stereocenters. The van der Waals surface area contributed by atoms with E-state index in [-0.39, 0.29) is 23.7 Å². The van der Waals surface area contributed by atoms with Crippen LogP contribution in [0.3, 0.4) is 0 Å². The summed E-state index contributed by atoms with van der Waals surface area (Å²) in [5, 5.41) is 19.8. The van der Waals surface area contributed by atoms with Crippen molar-refractivity contribution in [1.82, 2.24) is 10.2 Å². The van der Waals surface area contributed by atoms with Crippen molar-refractivity contribution in [1.29, 1.82) is 5.26 Å². The zero-order valence-corrected chi connectivity index (χ0v) is 22.3. The van der Waals surface area contributed by atoms with E-state index in [1.54, 1.807) is 24.3 Å². The van der Waals surface area contributed by atoms with Crippen LogP contribution in [0.1, 0.15) is 57.9 Å². The van der Waals surface area contributed by atoms with Crippen molar-refractivity contribution in [3.8, 4) is 6.07 Å². The summed E-state index contributed by atoms with van der Waals surface area (Å²) in [5.74, 6) is -0.324. The molecule has 0 bridgehead atoms. The first-order chi connectivity index (χ1) is 19.0. The summed E-state index contributed by atoms with van der Waals surface area (Å²) in [4.78, 5) is 15.4. The number of benzene rings is 3. The van der Waals surface area contributed by atoms with Crippen molar-refractivity contribution in [2.24, 2.45) is 11.0 Å². The molecule has 2 atom stereocenters. The fourth-order valence-corrected chi connectivity index (χ4v) is 6.25. The molecule has 3 aromatic rings. The lowest BCUT2D eigenvalue weighted by molar-refractivity contribution is 0.0949. The number of anilines is 1. The average molecular weight is 542 g/mol. The summed E-state index contributed by atoms with van der Waals surface area (Å²) in [6.07, 6.45) is 4.19. The first-order valence-corrected chi connectivity index (χ1v) is 13.9. The maximum atomic E-state index is 13.8. The molecule has 0 radical (unpaired) electrons. The number of nitrogens with one attached hydrogen (secondary N) is 1. The van der Waals surface area contributed by atoms with Crippen LogP contribution >= 0.6 is 11.6 Å². The Bertz CT molecular complexity index is 1480. The predicted octanol–water partition coefficient (Wildman–Crippen LogP) is 5.70. The van der Waals surface area contributed by atoms with Crippen molar-refractivity contribution >= 4 is 28.9 Å². The van der Waals surface area contributed by atoms with Gasteiger partial charge in [0.15, 0.2) is 0 Å². The number of fused-ring (bicyclic) bond motifs is 3. The second-order valence-electron chi connectivity index (χ2n) is 10.4.